The number of nitrogens with two attached hydrogens (primary N) is 1. The Morgan fingerprint density at radius 3 is 2.50 bits per heavy atom. The smallest absolute Gasteiger partial charge is 0.130 e. The first-order chi connectivity index (χ1) is 8.50. The van der Waals surface area contributed by atoms with E-state index in [-0.39, 0.29) is 23.7 Å². The first kappa shape index (κ1) is 13.4. The summed E-state index contributed by atoms with van der Waals surface area (Å²) >= 11 is 0. The lowest BCUT2D eigenvalue weighted by atomic mass is 9.95. The number of benzene rings is 1. The average molecular weight is 254 g/mol. The third kappa shape index (κ3) is 2.54. The van der Waals surface area contributed by atoms with Gasteiger partial charge in [-0.3, -0.25) is 4.90 Å². The fourth-order valence-corrected chi connectivity index (χ4v) is 2.88. The van der Waals surface area contributed by atoms with Crippen LogP contribution in [0.5, 0.6) is 0 Å². The van der Waals surface area contributed by atoms with Crippen molar-refractivity contribution in [2.24, 2.45) is 5.73 Å². The van der Waals surface area contributed by atoms with Gasteiger partial charge in [-0.25, -0.2) is 8.78 Å². The zero-order valence-electron chi connectivity index (χ0n) is 10.9. The Morgan fingerprint density at radius 2 is 1.94 bits per heavy atom. The van der Waals surface area contributed by atoms with E-state index in [1.165, 1.54) is 18.2 Å². The van der Waals surface area contributed by atoms with Crippen molar-refractivity contribution < 1.29 is 8.78 Å². The zero-order valence-corrected chi connectivity index (χ0v) is 10.9. The van der Waals surface area contributed by atoms with Crippen LogP contribution in [0.15, 0.2) is 18.2 Å². The average Bonchev–Trinajstić information content (AvgIpc) is 2.28. The van der Waals surface area contributed by atoms with Gasteiger partial charge in [0.2, 0.25) is 0 Å². The highest BCUT2D eigenvalue weighted by Crippen LogP contribution is 2.30. The van der Waals surface area contributed by atoms with Gasteiger partial charge in [0.05, 0.1) is 0 Å². The molecule has 0 radical (unpaired) electrons. The minimum atomic E-state index is -0.468. The number of nitrogens with zero attached hydrogens (tertiary/aromatic N) is 1. The highest BCUT2D eigenvalue weighted by Gasteiger charge is 2.30. The Morgan fingerprint density at radius 1 is 1.33 bits per heavy atom. The van der Waals surface area contributed by atoms with Gasteiger partial charge in [0.15, 0.2) is 0 Å². The summed E-state index contributed by atoms with van der Waals surface area (Å²) in [6, 6.07) is 4.23. The van der Waals surface area contributed by atoms with Gasteiger partial charge in [-0.15, -0.1) is 0 Å². The maximum Gasteiger partial charge on any atom is 0.130 e. The summed E-state index contributed by atoms with van der Waals surface area (Å²) in [5, 5.41) is 0. The first-order valence-electron chi connectivity index (χ1n) is 6.46. The van der Waals surface area contributed by atoms with Crippen LogP contribution in [0.1, 0.15) is 38.3 Å². The highest BCUT2D eigenvalue weighted by molar-refractivity contribution is 5.23. The summed E-state index contributed by atoms with van der Waals surface area (Å²) in [5.41, 5.74) is 6.08. The summed E-state index contributed by atoms with van der Waals surface area (Å²) in [4.78, 5) is 2.13. The van der Waals surface area contributed by atoms with Crippen molar-refractivity contribution in [3.05, 3.63) is 35.4 Å². The molecule has 1 aliphatic rings. The van der Waals surface area contributed by atoms with Gasteiger partial charge < -0.3 is 5.73 Å². The van der Waals surface area contributed by atoms with Gasteiger partial charge in [-0.05, 0) is 38.8 Å². The van der Waals surface area contributed by atoms with Crippen molar-refractivity contribution >= 4 is 0 Å². The fourth-order valence-electron chi connectivity index (χ4n) is 2.88. The maximum absolute atomic E-state index is 13.8. The van der Waals surface area contributed by atoms with E-state index in [0.29, 0.717) is 0 Å². The van der Waals surface area contributed by atoms with Gasteiger partial charge >= 0.3 is 0 Å². The van der Waals surface area contributed by atoms with E-state index in [2.05, 4.69) is 11.8 Å². The molecule has 100 valence electrons. The van der Waals surface area contributed by atoms with Crippen molar-refractivity contribution in [1.29, 1.82) is 0 Å². The summed E-state index contributed by atoms with van der Waals surface area (Å²) in [6.07, 6.45) is 1.76. The molecule has 3 unspecified atom stereocenters. The molecule has 1 aromatic carbocycles. The van der Waals surface area contributed by atoms with Crippen LogP contribution in [-0.4, -0.2) is 23.5 Å². The summed E-state index contributed by atoms with van der Waals surface area (Å²) in [6.45, 7) is 4.71. The van der Waals surface area contributed by atoms with E-state index >= 15 is 0 Å². The molecule has 2 nitrogen and oxygen atoms in total. The minimum absolute atomic E-state index is 0.167. The predicted octanol–water partition coefficient (Wildman–Crippen LogP) is 2.84. The lowest BCUT2D eigenvalue weighted by molar-refractivity contribution is 0.100. The normalized spacial score (nSPS) is 27.2. The van der Waals surface area contributed by atoms with Gasteiger partial charge in [-0.1, -0.05) is 6.07 Å². The third-order valence-corrected chi connectivity index (χ3v) is 3.88. The van der Waals surface area contributed by atoms with Crippen LogP contribution < -0.4 is 5.73 Å². The Kier molecular flexibility index (Phi) is 3.97. The summed E-state index contributed by atoms with van der Waals surface area (Å²) in [5.74, 6) is -0.936. The highest BCUT2D eigenvalue weighted by atomic mass is 19.1. The number of hydrogen-bond acceptors (Lipinski definition) is 2. The van der Waals surface area contributed by atoms with Gasteiger partial charge in [0.25, 0.3) is 0 Å². The van der Waals surface area contributed by atoms with E-state index in [4.69, 9.17) is 5.73 Å². The van der Waals surface area contributed by atoms with E-state index < -0.39 is 11.6 Å². The molecule has 0 aliphatic carbocycles. The maximum atomic E-state index is 13.8. The molecule has 1 saturated heterocycles. The largest absolute Gasteiger partial charge is 0.328 e. The van der Waals surface area contributed by atoms with E-state index in [1.54, 1.807) is 0 Å². The molecule has 0 saturated carbocycles. The van der Waals surface area contributed by atoms with Crippen LogP contribution in [0.3, 0.4) is 0 Å². The zero-order chi connectivity index (χ0) is 13.3. The molecule has 0 amide bonds. The molecule has 1 aliphatic heterocycles. The first-order valence-corrected chi connectivity index (χ1v) is 6.46. The van der Waals surface area contributed by atoms with Crippen molar-refractivity contribution in [2.45, 2.75) is 44.8 Å². The van der Waals surface area contributed by atoms with Gasteiger partial charge in [0, 0.05) is 30.2 Å². The molecular weight excluding hydrogens is 234 g/mol. The standard InChI is InChI=1S/C14H20F2N2/c1-9-8-11(17)6-7-18(9)10(2)14-12(15)4-3-5-13(14)16/h3-5,9-11H,6-8,17H2,1-2H3. The SMILES string of the molecule is CC1CC(N)CCN1C(C)c1c(F)cccc1F. The van der Waals surface area contributed by atoms with Gasteiger partial charge in [0.1, 0.15) is 11.6 Å². The second-order valence-electron chi connectivity index (χ2n) is 5.18. The van der Waals surface area contributed by atoms with Crippen molar-refractivity contribution in [3.8, 4) is 0 Å². The van der Waals surface area contributed by atoms with Crippen molar-refractivity contribution in [2.75, 3.05) is 6.54 Å². The van der Waals surface area contributed by atoms with Crippen molar-refractivity contribution in [3.63, 3.8) is 0 Å². The number of likely N-dealkylation sites (tertiary alicyclic amines) is 1. The van der Waals surface area contributed by atoms with Crippen LogP contribution in [0.2, 0.25) is 0 Å². The molecule has 0 aromatic heterocycles. The second-order valence-corrected chi connectivity index (χ2v) is 5.18. The van der Waals surface area contributed by atoms with Crippen LogP contribution in [0, 0.1) is 11.6 Å². The molecule has 0 spiro atoms. The van der Waals surface area contributed by atoms with Crippen LogP contribution in [0.25, 0.3) is 0 Å². The Labute approximate surface area is 107 Å². The van der Waals surface area contributed by atoms with Crippen LogP contribution in [-0.2, 0) is 0 Å². The van der Waals surface area contributed by atoms with E-state index in [1.807, 2.05) is 6.92 Å². The third-order valence-electron chi connectivity index (χ3n) is 3.88. The molecule has 0 bridgehead atoms. The Balaban J connectivity index is 2.23. The van der Waals surface area contributed by atoms with Gasteiger partial charge in [-0.2, -0.15) is 0 Å². The van der Waals surface area contributed by atoms with E-state index in [0.717, 1.165) is 19.4 Å². The minimum Gasteiger partial charge on any atom is -0.328 e. The fraction of sp³-hybridized carbons (Fsp3) is 0.571. The molecule has 3 atom stereocenters. The second kappa shape index (κ2) is 5.33. The lowest BCUT2D eigenvalue weighted by Crippen LogP contribution is -2.46. The number of rotatable bonds is 2. The van der Waals surface area contributed by atoms with Crippen LogP contribution >= 0.6 is 0 Å². The Bertz CT molecular complexity index is 402. The molecule has 2 rings (SSSR count). The van der Waals surface area contributed by atoms with Crippen molar-refractivity contribution in [1.82, 2.24) is 4.90 Å². The molecule has 18 heavy (non-hydrogen) atoms. The molecule has 1 fully saturated rings. The molecular formula is C14H20F2N2. The predicted molar refractivity (Wildman–Crippen MR) is 68.2 cm³/mol. The molecule has 1 heterocycles. The molecule has 1 aromatic rings. The summed E-state index contributed by atoms with van der Waals surface area (Å²) in [7, 11) is 0. The van der Waals surface area contributed by atoms with E-state index in [9.17, 15) is 8.78 Å². The topological polar surface area (TPSA) is 29.3 Å². The number of hydrogen-bond donors (Lipinski definition) is 1. The number of piperidine rings is 1. The summed E-state index contributed by atoms with van der Waals surface area (Å²) < 4.78 is 27.5. The molecule has 4 heteroatoms. The quantitative estimate of drug-likeness (QED) is 0.879. The number of halogens is 2. The monoisotopic (exact) mass is 254 g/mol. The lowest BCUT2D eigenvalue weighted by Gasteiger charge is -2.40. The Hall–Kier alpha value is -1.00. The molecule has 2 N–H and O–H groups in total. The van der Waals surface area contributed by atoms with Crippen LogP contribution in [0.4, 0.5) is 8.78 Å².